The number of aromatic nitrogens is 1. The van der Waals surface area contributed by atoms with Crippen LogP contribution in [0.1, 0.15) is 19.8 Å². The Morgan fingerprint density at radius 2 is 2.12 bits per heavy atom. The molecule has 1 aromatic heterocycles. The first-order chi connectivity index (χ1) is 8.29. The van der Waals surface area contributed by atoms with E-state index in [2.05, 4.69) is 4.98 Å². The molecule has 0 aliphatic carbocycles. The van der Waals surface area contributed by atoms with Gasteiger partial charge < -0.3 is 4.74 Å². The summed E-state index contributed by atoms with van der Waals surface area (Å²) in [6.45, 7) is 1.94. The molecule has 3 nitrogen and oxygen atoms in total. The monoisotopic (exact) mass is 247 g/mol. The summed E-state index contributed by atoms with van der Waals surface area (Å²) >= 11 is 1.47. The van der Waals surface area contributed by atoms with E-state index < -0.39 is 0 Å². The van der Waals surface area contributed by atoms with Crippen molar-refractivity contribution in [3.63, 3.8) is 0 Å². The molecule has 0 spiro atoms. The van der Waals surface area contributed by atoms with Gasteiger partial charge in [0.1, 0.15) is 5.01 Å². The molecule has 0 saturated heterocycles. The van der Waals surface area contributed by atoms with Gasteiger partial charge in [-0.3, -0.25) is 4.79 Å². The smallest absolute Gasteiger partial charge is 0.312 e. The van der Waals surface area contributed by atoms with Crippen molar-refractivity contribution in [3.05, 3.63) is 35.7 Å². The minimum atomic E-state index is -0.225. The average Bonchev–Trinajstić information content (AvgIpc) is 2.79. The van der Waals surface area contributed by atoms with E-state index in [9.17, 15) is 4.79 Å². The highest BCUT2D eigenvalue weighted by atomic mass is 32.1. The Balaban J connectivity index is 2.09. The Morgan fingerprint density at radius 1 is 1.35 bits per heavy atom. The molecule has 1 aromatic carbocycles. The van der Waals surface area contributed by atoms with Gasteiger partial charge in [-0.1, -0.05) is 37.3 Å². The molecule has 0 saturated carbocycles. The molecule has 2 rings (SSSR count). The molecule has 17 heavy (non-hydrogen) atoms. The highest BCUT2D eigenvalue weighted by Gasteiger charge is 2.08. The second-order valence-electron chi connectivity index (χ2n) is 3.58. The molecule has 0 amide bonds. The molecule has 2 aromatic rings. The van der Waals surface area contributed by atoms with Gasteiger partial charge in [-0.2, -0.15) is 0 Å². The molecule has 0 atom stereocenters. The topological polar surface area (TPSA) is 39.2 Å². The summed E-state index contributed by atoms with van der Waals surface area (Å²) < 4.78 is 5.12. The van der Waals surface area contributed by atoms with Crippen LogP contribution in [-0.2, 0) is 4.79 Å². The van der Waals surface area contributed by atoms with Crippen LogP contribution in [-0.4, -0.2) is 11.0 Å². The fourth-order valence-electron chi connectivity index (χ4n) is 1.39. The second kappa shape index (κ2) is 5.59. The van der Waals surface area contributed by atoms with Gasteiger partial charge in [0.25, 0.3) is 0 Å². The zero-order chi connectivity index (χ0) is 12.1. The number of carbonyl (C=O) groups is 1. The number of thiazole rings is 1. The van der Waals surface area contributed by atoms with Gasteiger partial charge in [-0.25, -0.2) is 4.98 Å². The van der Waals surface area contributed by atoms with E-state index in [1.54, 1.807) is 5.38 Å². The van der Waals surface area contributed by atoms with Crippen molar-refractivity contribution in [1.82, 2.24) is 4.98 Å². The Hall–Kier alpha value is -1.68. The Labute approximate surface area is 104 Å². The van der Waals surface area contributed by atoms with Gasteiger partial charge in [-0.15, -0.1) is 11.3 Å². The third-order valence-electron chi connectivity index (χ3n) is 2.18. The normalized spacial score (nSPS) is 10.2. The first-order valence-corrected chi connectivity index (χ1v) is 6.39. The van der Waals surface area contributed by atoms with Crippen LogP contribution < -0.4 is 4.74 Å². The number of hydrogen-bond donors (Lipinski definition) is 0. The Bertz CT molecular complexity index is 493. The van der Waals surface area contributed by atoms with Crippen LogP contribution in [0.15, 0.2) is 35.7 Å². The molecule has 0 radical (unpaired) electrons. The van der Waals surface area contributed by atoms with E-state index in [0.29, 0.717) is 12.3 Å². The molecule has 1 heterocycles. The lowest BCUT2D eigenvalue weighted by Gasteiger charge is -1.98. The summed E-state index contributed by atoms with van der Waals surface area (Å²) in [6.07, 6.45) is 1.21. The summed E-state index contributed by atoms with van der Waals surface area (Å²) in [5.74, 6) is 0.171. The van der Waals surface area contributed by atoms with E-state index >= 15 is 0 Å². The van der Waals surface area contributed by atoms with Crippen LogP contribution in [0.2, 0.25) is 0 Å². The Morgan fingerprint density at radius 3 is 2.82 bits per heavy atom. The van der Waals surface area contributed by atoms with Crippen molar-refractivity contribution in [3.8, 4) is 16.5 Å². The van der Waals surface area contributed by atoms with Crippen LogP contribution in [0.5, 0.6) is 5.88 Å². The highest BCUT2D eigenvalue weighted by molar-refractivity contribution is 7.13. The number of nitrogens with zero attached hydrogens (tertiary/aromatic N) is 1. The van der Waals surface area contributed by atoms with E-state index in [0.717, 1.165) is 17.0 Å². The van der Waals surface area contributed by atoms with E-state index in [1.807, 2.05) is 37.3 Å². The van der Waals surface area contributed by atoms with Crippen molar-refractivity contribution in [2.45, 2.75) is 19.8 Å². The zero-order valence-corrected chi connectivity index (χ0v) is 10.4. The van der Waals surface area contributed by atoms with Crippen LogP contribution in [0.25, 0.3) is 10.6 Å². The Kier molecular flexibility index (Phi) is 3.88. The van der Waals surface area contributed by atoms with Gasteiger partial charge in [0.15, 0.2) is 0 Å². The fourth-order valence-corrected chi connectivity index (χ4v) is 2.12. The highest BCUT2D eigenvalue weighted by Crippen LogP contribution is 2.26. The summed E-state index contributed by atoms with van der Waals surface area (Å²) in [6, 6.07) is 9.84. The summed E-state index contributed by atoms with van der Waals surface area (Å²) in [4.78, 5) is 15.6. The number of rotatable bonds is 4. The third kappa shape index (κ3) is 3.14. The second-order valence-corrected chi connectivity index (χ2v) is 4.44. The van der Waals surface area contributed by atoms with Crippen LogP contribution >= 0.6 is 11.3 Å². The van der Waals surface area contributed by atoms with Crippen LogP contribution in [0.4, 0.5) is 0 Å². The maximum absolute atomic E-state index is 11.3. The molecule has 0 unspecified atom stereocenters. The molecule has 88 valence electrons. The summed E-state index contributed by atoms with van der Waals surface area (Å²) in [5, 5.41) is 2.63. The fraction of sp³-hybridized carbons (Fsp3) is 0.231. The van der Waals surface area contributed by atoms with Crippen LogP contribution in [0, 0.1) is 0 Å². The predicted octanol–water partition coefficient (Wildman–Crippen LogP) is 3.52. The summed E-state index contributed by atoms with van der Waals surface area (Å²) in [7, 11) is 0. The molecule has 0 fully saturated rings. The first-order valence-electron chi connectivity index (χ1n) is 5.51. The molecule has 0 aliphatic rings. The molecule has 0 bridgehead atoms. The number of carbonyl (C=O) groups excluding carboxylic acids is 1. The minimum absolute atomic E-state index is 0.225. The van der Waals surface area contributed by atoms with Crippen molar-refractivity contribution in [1.29, 1.82) is 0 Å². The SMILES string of the molecule is CCCC(=O)Oc1csc(-c2ccccc2)n1. The lowest BCUT2D eigenvalue weighted by molar-refractivity contribution is -0.134. The molecule has 0 aliphatic heterocycles. The lowest BCUT2D eigenvalue weighted by Crippen LogP contribution is -2.06. The average molecular weight is 247 g/mol. The minimum Gasteiger partial charge on any atom is -0.407 e. The van der Waals surface area contributed by atoms with Crippen molar-refractivity contribution < 1.29 is 9.53 Å². The van der Waals surface area contributed by atoms with Gasteiger partial charge in [0.05, 0.1) is 5.38 Å². The largest absolute Gasteiger partial charge is 0.407 e. The van der Waals surface area contributed by atoms with Crippen LogP contribution in [0.3, 0.4) is 0 Å². The zero-order valence-electron chi connectivity index (χ0n) is 9.55. The van der Waals surface area contributed by atoms with E-state index in [-0.39, 0.29) is 5.97 Å². The van der Waals surface area contributed by atoms with Crippen molar-refractivity contribution in [2.24, 2.45) is 0 Å². The number of esters is 1. The number of ether oxygens (including phenoxy) is 1. The van der Waals surface area contributed by atoms with Gasteiger partial charge in [-0.05, 0) is 6.42 Å². The molecular formula is C13H13NO2S. The maximum atomic E-state index is 11.3. The summed E-state index contributed by atoms with van der Waals surface area (Å²) in [5.41, 5.74) is 1.04. The lowest BCUT2D eigenvalue weighted by atomic mass is 10.2. The first kappa shape index (κ1) is 11.8. The molecule has 0 N–H and O–H groups in total. The quantitative estimate of drug-likeness (QED) is 0.776. The standard InChI is InChI=1S/C13H13NO2S/c1-2-6-12(15)16-11-9-17-13(14-11)10-7-4-3-5-8-10/h3-5,7-9H,2,6H2,1H3. The molecule has 4 heteroatoms. The number of hydrogen-bond acceptors (Lipinski definition) is 4. The van der Waals surface area contributed by atoms with Gasteiger partial charge in [0, 0.05) is 12.0 Å². The van der Waals surface area contributed by atoms with Crippen molar-refractivity contribution >= 4 is 17.3 Å². The third-order valence-corrected chi connectivity index (χ3v) is 3.05. The van der Waals surface area contributed by atoms with E-state index in [1.165, 1.54) is 11.3 Å². The predicted molar refractivity (Wildman–Crippen MR) is 68.1 cm³/mol. The van der Waals surface area contributed by atoms with E-state index in [4.69, 9.17) is 4.74 Å². The molecular weight excluding hydrogens is 234 g/mol. The van der Waals surface area contributed by atoms with Gasteiger partial charge >= 0.3 is 5.97 Å². The van der Waals surface area contributed by atoms with Crippen molar-refractivity contribution in [2.75, 3.05) is 0 Å². The maximum Gasteiger partial charge on any atom is 0.312 e. The number of benzene rings is 1. The van der Waals surface area contributed by atoms with Gasteiger partial charge in [0.2, 0.25) is 5.88 Å².